The topological polar surface area (TPSA) is 95.9 Å². The number of piperazine rings is 1. The van der Waals surface area contributed by atoms with Crippen molar-refractivity contribution in [1.82, 2.24) is 14.8 Å². The van der Waals surface area contributed by atoms with Crippen LogP contribution in [0.5, 0.6) is 0 Å². The molecule has 0 bridgehead atoms. The van der Waals surface area contributed by atoms with Crippen LogP contribution < -0.4 is 0 Å². The van der Waals surface area contributed by atoms with E-state index in [9.17, 15) is 14.4 Å². The first-order chi connectivity index (χ1) is 16.0. The molecule has 172 valence electrons. The third-order valence-corrected chi connectivity index (χ3v) is 6.65. The number of nitrogens with zero attached hydrogens (tertiary/aromatic N) is 2. The Morgan fingerprint density at radius 3 is 2.67 bits per heavy atom. The molecule has 5 rings (SSSR count). The van der Waals surface area contributed by atoms with E-state index in [0.29, 0.717) is 43.4 Å². The van der Waals surface area contributed by atoms with Gasteiger partial charge >= 0.3 is 5.97 Å². The number of hydrogen-bond acceptors (Lipinski definition) is 5. The summed E-state index contributed by atoms with van der Waals surface area (Å²) >= 11 is 0. The molecule has 1 saturated heterocycles. The van der Waals surface area contributed by atoms with E-state index >= 15 is 0 Å². The number of esters is 1. The Morgan fingerprint density at radius 1 is 1.12 bits per heavy atom. The van der Waals surface area contributed by atoms with E-state index < -0.39 is 5.97 Å². The van der Waals surface area contributed by atoms with E-state index in [2.05, 4.69) is 11.9 Å². The molecule has 0 spiro atoms. The predicted molar refractivity (Wildman–Crippen MR) is 121 cm³/mol. The zero-order valence-electron chi connectivity index (χ0n) is 18.6. The zero-order valence-corrected chi connectivity index (χ0v) is 18.6. The Bertz CT molecular complexity index is 1190. The van der Waals surface area contributed by atoms with Crippen LogP contribution in [0.1, 0.15) is 45.5 Å². The van der Waals surface area contributed by atoms with Gasteiger partial charge < -0.3 is 23.9 Å². The van der Waals surface area contributed by atoms with Crippen LogP contribution >= 0.6 is 0 Å². The predicted octanol–water partition coefficient (Wildman–Crippen LogP) is 3.03. The molecule has 1 aromatic carbocycles. The van der Waals surface area contributed by atoms with Gasteiger partial charge in [0, 0.05) is 42.8 Å². The average Bonchev–Trinajstić information content (AvgIpc) is 3.50. The Morgan fingerprint density at radius 2 is 1.91 bits per heavy atom. The highest BCUT2D eigenvalue weighted by molar-refractivity contribution is 5.97. The van der Waals surface area contributed by atoms with Crippen molar-refractivity contribution < 1.29 is 23.5 Å². The number of H-pyrrole nitrogens is 1. The molecule has 33 heavy (non-hydrogen) atoms. The van der Waals surface area contributed by atoms with E-state index in [1.54, 1.807) is 28.0 Å². The molecule has 8 nitrogen and oxygen atoms in total. The SMILES string of the molecule is CC1CCc2[nH]c3ccc(C(=O)OCC(=O)N4CCN(C(=O)c5ccco5)CC4)cc3c2C1. The van der Waals surface area contributed by atoms with Crippen LogP contribution in [0.3, 0.4) is 0 Å². The second-order valence-electron chi connectivity index (χ2n) is 8.92. The molecule has 1 atom stereocenters. The molecule has 3 aromatic rings. The molecule has 2 aliphatic rings. The Hall–Kier alpha value is -3.55. The third kappa shape index (κ3) is 4.25. The average molecular weight is 450 g/mol. The number of hydrogen-bond donors (Lipinski definition) is 1. The standard InChI is InChI=1S/C25H27N3O5/c1-16-4-6-20-18(13-16)19-14-17(5-7-21(19)26-20)25(31)33-15-23(29)27-8-10-28(11-9-27)24(30)22-3-2-12-32-22/h2-3,5,7,12,14,16,26H,4,6,8-11,13,15H2,1H3. The molecule has 0 radical (unpaired) electrons. The summed E-state index contributed by atoms with van der Waals surface area (Å²) in [5.74, 6) is -0.0354. The summed E-state index contributed by atoms with van der Waals surface area (Å²) < 4.78 is 10.5. The van der Waals surface area contributed by atoms with E-state index in [-0.39, 0.29) is 18.4 Å². The molecule has 1 aliphatic heterocycles. The minimum absolute atomic E-state index is 0.185. The quantitative estimate of drug-likeness (QED) is 0.618. The first kappa shape index (κ1) is 21.3. The van der Waals surface area contributed by atoms with Crippen molar-refractivity contribution in [3.05, 3.63) is 59.2 Å². The number of amides is 2. The lowest BCUT2D eigenvalue weighted by molar-refractivity contribution is -0.136. The van der Waals surface area contributed by atoms with Gasteiger partial charge in [0.25, 0.3) is 11.8 Å². The second kappa shape index (κ2) is 8.77. The summed E-state index contributed by atoms with van der Waals surface area (Å²) in [7, 11) is 0. The number of aryl methyl sites for hydroxylation is 1. The van der Waals surface area contributed by atoms with Gasteiger partial charge in [0.05, 0.1) is 11.8 Å². The van der Waals surface area contributed by atoms with Gasteiger partial charge in [-0.05, 0) is 61.1 Å². The normalized spacial score (nSPS) is 18.3. The highest BCUT2D eigenvalue weighted by Crippen LogP contribution is 2.32. The molecule has 1 unspecified atom stereocenters. The van der Waals surface area contributed by atoms with E-state index in [0.717, 1.165) is 23.7 Å². The van der Waals surface area contributed by atoms with Gasteiger partial charge in [-0.2, -0.15) is 0 Å². The molecule has 2 amide bonds. The molecule has 0 saturated carbocycles. The van der Waals surface area contributed by atoms with E-state index in [1.807, 2.05) is 12.1 Å². The van der Waals surface area contributed by atoms with Gasteiger partial charge in [-0.15, -0.1) is 0 Å². The van der Waals surface area contributed by atoms with Gasteiger partial charge in [0.1, 0.15) is 0 Å². The smallest absolute Gasteiger partial charge is 0.338 e. The van der Waals surface area contributed by atoms with Crippen molar-refractivity contribution in [1.29, 1.82) is 0 Å². The minimum atomic E-state index is -0.504. The number of benzene rings is 1. The fraction of sp³-hybridized carbons (Fsp3) is 0.400. The number of carbonyl (C=O) groups excluding carboxylic acids is 3. The Kier molecular flexibility index (Phi) is 5.66. The Labute approximate surface area is 191 Å². The minimum Gasteiger partial charge on any atom is -0.459 e. The zero-order chi connectivity index (χ0) is 22.9. The van der Waals surface area contributed by atoms with Crippen LogP contribution in [0.25, 0.3) is 10.9 Å². The summed E-state index contributed by atoms with van der Waals surface area (Å²) in [6.07, 6.45) is 4.66. The van der Waals surface area contributed by atoms with Gasteiger partial charge in [-0.3, -0.25) is 9.59 Å². The molecular weight excluding hydrogens is 422 g/mol. The summed E-state index contributed by atoms with van der Waals surface area (Å²) in [6, 6.07) is 8.81. The van der Waals surface area contributed by atoms with Crippen molar-refractivity contribution in [3.63, 3.8) is 0 Å². The summed E-state index contributed by atoms with van der Waals surface area (Å²) in [4.78, 5) is 44.3. The van der Waals surface area contributed by atoms with Crippen LogP contribution in [-0.4, -0.2) is 65.4 Å². The fourth-order valence-corrected chi connectivity index (χ4v) is 4.74. The van der Waals surface area contributed by atoms with E-state index in [4.69, 9.17) is 9.15 Å². The van der Waals surface area contributed by atoms with Gasteiger partial charge in [0.15, 0.2) is 12.4 Å². The van der Waals surface area contributed by atoms with Crippen molar-refractivity contribution in [2.45, 2.75) is 26.2 Å². The van der Waals surface area contributed by atoms with Gasteiger partial charge in [-0.25, -0.2) is 4.79 Å². The number of aromatic nitrogens is 1. The fourth-order valence-electron chi connectivity index (χ4n) is 4.74. The number of aromatic amines is 1. The van der Waals surface area contributed by atoms with Crippen LogP contribution in [0.15, 0.2) is 41.0 Å². The maximum atomic E-state index is 12.6. The van der Waals surface area contributed by atoms with Crippen LogP contribution in [-0.2, 0) is 22.4 Å². The lowest BCUT2D eigenvalue weighted by atomic mass is 9.87. The Balaban J connectivity index is 1.17. The lowest BCUT2D eigenvalue weighted by Crippen LogP contribution is -2.51. The first-order valence-electron chi connectivity index (χ1n) is 11.4. The van der Waals surface area contributed by atoms with Crippen molar-refractivity contribution >= 4 is 28.7 Å². The number of furan rings is 1. The molecule has 1 aliphatic carbocycles. The van der Waals surface area contributed by atoms with Crippen molar-refractivity contribution in [2.75, 3.05) is 32.8 Å². The second-order valence-corrected chi connectivity index (χ2v) is 8.92. The number of rotatable bonds is 4. The van der Waals surface area contributed by atoms with Crippen LogP contribution in [0.2, 0.25) is 0 Å². The van der Waals surface area contributed by atoms with Gasteiger partial charge in [0.2, 0.25) is 0 Å². The summed E-state index contributed by atoms with van der Waals surface area (Å²) in [6.45, 7) is 3.54. The molecular formula is C25H27N3O5. The number of carbonyl (C=O) groups is 3. The van der Waals surface area contributed by atoms with Crippen molar-refractivity contribution in [2.24, 2.45) is 5.92 Å². The van der Waals surface area contributed by atoms with Crippen LogP contribution in [0.4, 0.5) is 0 Å². The third-order valence-electron chi connectivity index (χ3n) is 6.65. The summed E-state index contributed by atoms with van der Waals surface area (Å²) in [5, 5.41) is 1.06. The highest BCUT2D eigenvalue weighted by Gasteiger charge is 2.27. The van der Waals surface area contributed by atoms with Crippen molar-refractivity contribution in [3.8, 4) is 0 Å². The molecule has 3 heterocycles. The number of ether oxygens (including phenoxy) is 1. The lowest BCUT2D eigenvalue weighted by Gasteiger charge is -2.34. The number of nitrogens with one attached hydrogen (secondary N) is 1. The van der Waals surface area contributed by atoms with Crippen LogP contribution in [0, 0.1) is 5.92 Å². The first-order valence-corrected chi connectivity index (χ1v) is 11.4. The summed E-state index contributed by atoms with van der Waals surface area (Å²) in [5.41, 5.74) is 4.03. The maximum absolute atomic E-state index is 12.6. The van der Waals surface area contributed by atoms with E-state index in [1.165, 1.54) is 23.9 Å². The number of fused-ring (bicyclic) bond motifs is 3. The molecule has 1 N–H and O–H groups in total. The molecule has 8 heteroatoms. The molecule has 2 aromatic heterocycles. The monoisotopic (exact) mass is 449 g/mol. The largest absolute Gasteiger partial charge is 0.459 e. The van der Waals surface area contributed by atoms with Gasteiger partial charge in [-0.1, -0.05) is 6.92 Å². The molecule has 1 fully saturated rings. The maximum Gasteiger partial charge on any atom is 0.338 e. The highest BCUT2D eigenvalue weighted by atomic mass is 16.5.